The Kier molecular flexibility index (Phi) is 3.26. The van der Waals surface area contributed by atoms with Crippen LogP contribution in [-0.4, -0.2) is 31.8 Å². The van der Waals surface area contributed by atoms with E-state index in [4.69, 9.17) is 10.5 Å². The maximum absolute atomic E-state index is 5.53. The average Bonchev–Trinajstić information content (AvgIpc) is 2.76. The van der Waals surface area contributed by atoms with Crippen LogP contribution in [0.25, 0.3) is 0 Å². The Morgan fingerprint density at radius 1 is 1.33 bits per heavy atom. The normalized spacial score (nSPS) is 10.7. The number of methoxy groups -OCH3 is 1. The molecule has 0 aliphatic heterocycles. The van der Waals surface area contributed by atoms with Crippen LogP contribution in [0, 0.1) is 0 Å². The van der Waals surface area contributed by atoms with E-state index in [2.05, 4.69) is 25.4 Å². The predicted molar refractivity (Wildman–Crippen MR) is 66.7 cm³/mol. The van der Waals surface area contributed by atoms with E-state index in [0.717, 1.165) is 0 Å². The quantitative estimate of drug-likeness (QED) is 0.832. The van der Waals surface area contributed by atoms with Crippen LogP contribution in [0.1, 0.15) is 19.9 Å². The van der Waals surface area contributed by atoms with E-state index >= 15 is 0 Å². The molecule has 8 heteroatoms. The van der Waals surface area contributed by atoms with Crippen molar-refractivity contribution in [2.24, 2.45) is 0 Å². The third kappa shape index (κ3) is 2.65. The highest BCUT2D eigenvalue weighted by atomic mass is 16.5. The Morgan fingerprint density at radius 3 is 2.72 bits per heavy atom. The Bertz CT molecular complexity index is 537. The van der Waals surface area contributed by atoms with Crippen LogP contribution in [0.2, 0.25) is 0 Å². The van der Waals surface area contributed by atoms with Crippen molar-refractivity contribution >= 4 is 17.7 Å². The van der Waals surface area contributed by atoms with E-state index in [1.807, 2.05) is 30.8 Å². The Labute approximate surface area is 104 Å². The van der Waals surface area contributed by atoms with Crippen LogP contribution in [-0.2, 0) is 0 Å². The van der Waals surface area contributed by atoms with Crippen molar-refractivity contribution in [2.45, 2.75) is 19.9 Å². The molecule has 2 heterocycles. The molecule has 0 saturated heterocycles. The number of rotatable bonds is 4. The number of nitrogens with two attached hydrogens (primary N) is 1. The van der Waals surface area contributed by atoms with E-state index in [0.29, 0.717) is 17.8 Å². The van der Waals surface area contributed by atoms with E-state index < -0.39 is 0 Å². The molecule has 0 bridgehead atoms. The fourth-order valence-corrected chi connectivity index (χ4v) is 1.33. The number of aromatic nitrogens is 5. The van der Waals surface area contributed by atoms with Gasteiger partial charge in [0.05, 0.1) is 7.11 Å². The summed E-state index contributed by atoms with van der Waals surface area (Å²) in [4.78, 5) is 11.8. The van der Waals surface area contributed by atoms with E-state index in [-0.39, 0.29) is 12.0 Å². The zero-order chi connectivity index (χ0) is 13.1. The van der Waals surface area contributed by atoms with Gasteiger partial charge in [-0.3, -0.25) is 4.68 Å². The van der Waals surface area contributed by atoms with Crippen LogP contribution in [0.3, 0.4) is 0 Å². The first-order valence-corrected chi connectivity index (χ1v) is 5.46. The molecule has 0 fully saturated rings. The van der Waals surface area contributed by atoms with E-state index in [1.165, 1.54) is 7.11 Å². The second kappa shape index (κ2) is 4.86. The van der Waals surface area contributed by atoms with Crippen molar-refractivity contribution in [3.05, 3.63) is 12.3 Å². The molecule has 0 unspecified atom stereocenters. The second-order valence-electron chi connectivity index (χ2n) is 3.90. The number of anilines is 3. The van der Waals surface area contributed by atoms with Crippen molar-refractivity contribution in [1.82, 2.24) is 24.7 Å². The largest absolute Gasteiger partial charge is 0.467 e. The first kappa shape index (κ1) is 12.1. The summed E-state index contributed by atoms with van der Waals surface area (Å²) in [5, 5.41) is 7.25. The van der Waals surface area contributed by atoms with Gasteiger partial charge in [-0.25, -0.2) is 0 Å². The van der Waals surface area contributed by atoms with Crippen molar-refractivity contribution in [2.75, 3.05) is 18.2 Å². The Morgan fingerprint density at radius 2 is 2.11 bits per heavy atom. The fraction of sp³-hybridized carbons (Fsp3) is 0.400. The topological polar surface area (TPSA) is 104 Å². The average molecular weight is 249 g/mol. The highest BCUT2D eigenvalue weighted by Gasteiger charge is 2.07. The molecule has 0 spiro atoms. The molecule has 2 aromatic rings. The van der Waals surface area contributed by atoms with Gasteiger partial charge in [-0.05, 0) is 13.8 Å². The van der Waals surface area contributed by atoms with Crippen LogP contribution in [0.4, 0.5) is 17.7 Å². The summed E-state index contributed by atoms with van der Waals surface area (Å²) in [6, 6.07) is 2.28. The van der Waals surface area contributed by atoms with Crippen LogP contribution in [0.5, 0.6) is 6.01 Å². The molecule has 0 saturated carbocycles. The summed E-state index contributed by atoms with van der Waals surface area (Å²) in [7, 11) is 1.46. The monoisotopic (exact) mass is 249 g/mol. The first-order valence-electron chi connectivity index (χ1n) is 5.46. The second-order valence-corrected chi connectivity index (χ2v) is 3.90. The van der Waals surface area contributed by atoms with Gasteiger partial charge in [0.25, 0.3) is 0 Å². The maximum atomic E-state index is 5.53. The summed E-state index contributed by atoms with van der Waals surface area (Å²) in [6.07, 6.45) is 1.87. The Hall–Kier alpha value is -2.38. The van der Waals surface area contributed by atoms with Gasteiger partial charge < -0.3 is 15.8 Å². The molecule has 0 aliphatic rings. The fourth-order valence-electron chi connectivity index (χ4n) is 1.33. The SMILES string of the molecule is COc1nc(N)nc(Nc2ccn(C(C)C)n2)n1. The summed E-state index contributed by atoms with van der Waals surface area (Å²) >= 11 is 0. The van der Waals surface area contributed by atoms with Gasteiger partial charge in [0.15, 0.2) is 5.82 Å². The minimum absolute atomic E-state index is 0.0904. The lowest BCUT2D eigenvalue weighted by Crippen LogP contribution is -2.06. The Balaban J connectivity index is 2.19. The van der Waals surface area contributed by atoms with Crippen LogP contribution in [0.15, 0.2) is 12.3 Å². The van der Waals surface area contributed by atoms with Gasteiger partial charge in [0, 0.05) is 18.3 Å². The minimum atomic E-state index is 0.0904. The molecule has 0 atom stereocenters. The van der Waals surface area contributed by atoms with Gasteiger partial charge in [-0.15, -0.1) is 0 Å². The first-order chi connectivity index (χ1) is 8.58. The summed E-state index contributed by atoms with van der Waals surface area (Å²) in [5.74, 6) is 1.03. The molecule has 0 aromatic carbocycles. The minimum Gasteiger partial charge on any atom is -0.467 e. The van der Waals surface area contributed by atoms with Crippen molar-refractivity contribution in [3.63, 3.8) is 0 Å². The molecule has 8 nitrogen and oxygen atoms in total. The van der Waals surface area contributed by atoms with Crippen molar-refractivity contribution in [1.29, 1.82) is 0 Å². The molecule has 0 radical (unpaired) electrons. The van der Waals surface area contributed by atoms with Crippen molar-refractivity contribution in [3.8, 4) is 6.01 Å². The molecular formula is C10H15N7O. The molecule has 0 amide bonds. The van der Waals surface area contributed by atoms with Crippen LogP contribution < -0.4 is 15.8 Å². The number of nitrogens with zero attached hydrogens (tertiary/aromatic N) is 5. The predicted octanol–water partition coefficient (Wildman–Crippen LogP) is 0.983. The standard InChI is InChI=1S/C10H15N7O/c1-6(2)17-5-4-7(16-17)12-9-13-8(11)14-10(15-9)18-3/h4-6H,1-3H3,(H3,11,12,13,14,15,16). The number of ether oxygens (including phenoxy) is 1. The molecule has 3 N–H and O–H groups in total. The van der Waals surface area contributed by atoms with Gasteiger partial charge in [-0.2, -0.15) is 20.1 Å². The molecule has 96 valence electrons. The zero-order valence-electron chi connectivity index (χ0n) is 10.5. The summed E-state index contributed by atoms with van der Waals surface area (Å²) in [5.41, 5.74) is 5.53. The lowest BCUT2D eigenvalue weighted by molar-refractivity contribution is 0.380. The smallest absolute Gasteiger partial charge is 0.322 e. The molecular weight excluding hydrogens is 234 g/mol. The molecule has 2 rings (SSSR count). The van der Waals surface area contributed by atoms with Crippen molar-refractivity contribution < 1.29 is 4.74 Å². The molecule has 2 aromatic heterocycles. The van der Waals surface area contributed by atoms with Gasteiger partial charge in [0.1, 0.15) is 0 Å². The maximum Gasteiger partial charge on any atom is 0.322 e. The van der Waals surface area contributed by atoms with E-state index in [9.17, 15) is 0 Å². The number of hydrogen-bond donors (Lipinski definition) is 2. The van der Waals surface area contributed by atoms with Gasteiger partial charge in [0.2, 0.25) is 11.9 Å². The highest BCUT2D eigenvalue weighted by Crippen LogP contribution is 2.14. The lowest BCUT2D eigenvalue weighted by atomic mass is 10.4. The van der Waals surface area contributed by atoms with E-state index in [1.54, 1.807) is 0 Å². The number of nitrogens with one attached hydrogen (secondary N) is 1. The highest BCUT2D eigenvalue weighted by molar-refractivity contribution is 5.48. The number of hydrogen-bond acceptors (Lipinski definition) is 7. The number of nitrogen functional groups attached to an aromatic ring is 1. The van der Waals surface area contributed by atoms with Gasteiger partial charge >= 0.3 is 6.01 Å². The summed E-state index contributed by atoms with van der Waals surface area (Å²) in [6.45, 7) is 4.08. The third-order valence-electron chi connectivity index (χ3n) is 2.19. The zero-order valence-corrected chi connectivity index (χ0v) is 10.5. The molecule has 0 aliphatic carbocycles. The summed E-state index contributed by atoms with van der Waals surface area (Å²) < 4.78 is 6.73. The lowest BCUT2D eigenvalue weighted by Gasteiger charge is -2.05. The third-order valence-corrected chi connectivity index (χ3v) is 2.19. The van der Waals surface area contributed by atoms with Crippen LogP contribution >= 0.6 is 0 Å². The van der Waals surface area contributed by atoms with Gasteiger partial charge in [-0.1, -0.05) is 0 Å². The molecule has 18 heavy (non-hydrogen) atoms.